The number of aliphatic hydroxyl groups is 1. The fourth-order valence-corrected chi connectivity index (χ4v) is 2.20. The van der Waals surface area contributed by atoms with Crippen molar-refractivity contribution in [2.24, 2.45) is 5.41 Å². The van der Waals surface area contributed by atoms with Crippen molar-refractivity contribution < 1.29 is 5.11 Å². The van der Waals surface area contributed by atoms with Gasteiger partial charge in [0.2, 0.25) is 0 Å². The molecule has 0 spiro atoms. The first-order valence-electron chi connectivity index (χ1n) is 7.40. The quantitative estimate of drug-likeness (QED) is 0.667. The van der Waals surface area contributed by atoms with E-state index >= 15 is 0 Å². The average Bonchev–Trinajstić information content (AvgIpc) is 2.32. The van der Waals surface area contributed by atoms with Gasteiger partial charge in [-0.05, 0) is 45.6 Å². The van der Waals surface area contributed by atoms with Gasteiger partial charge in [-0.15, -0.1) is 0 Å². The predicted molar refractivity (Wildman–Crippen MR) is 80.0 cm³/mol. The highest BCUT2D eigenvalue weighted by molar-refractivity contribution is 4.85. The molecule has 0 aromatic rings. The molecule has 0 bridgehead atoms. The number of hydrogen-bond acceptors (Lipinski definition) is 3. The first kappa shape index (κ1) is 17.9. The number of nitrogens with one attached hydrogen (secondary N) is 1. The zero-order valence-corrected chi connectivity index (χ0v) is 13.3. The van der Waals surface area contributed by atoms with Crippen molar-refractivity contribution in [3.8, 4) is 0 Å². The third kappa shape index (κ3) is 6.72. The summed E-state index contributed by atoms with van der Waals surface area (Å²) < 4.78 is 0. The van der Waals surface area contributed by atoms with Gasteiger partial charge in [-0.1, -0.05) is 20.8 Å². The maximum atomic E-state index is 9.11. The van der Waals surface area contributed by atoms with Crippen molar-refractivity contribution >= 4 is 0 Å². The van der Waals surface area contributed by atoms with E-state index in [0.29, 0.717) is 5.41 Å². The molecule has 0 aliphatic carbocycles. The largest absolute Gasteiger partial charge is 0.395 e. The van der Waals surface area contributed by atoms with Crippen molar-refractivity contribution in [3.63, 3.8) is 0 Å². The lowest BCUT2D eigenvalue weighted by atomic mass is 9.81. The van der Waals surface area contributed by atoms with Crippen LogP contribution in [0, 0.1) is 5.41 Å². The van der Waals surface area contributed by atoms with Gasteiger partial charge < -0.3 is 15.3 Å². The van der Waals surface area contributed by atoms with E-state index in [4.69, 9.17) is 5.11 Å². The summed E-state index contributed by atoms with van der Waals surface area (Å²) in [5.41, 5.74) is 0.488. The predicted octanol–water partition coefficient (Wildman–Crippen LogP) is 2.50. The zero-order chi connectivity index (χ0) is 14.2. The topological polar surface area (TPSA) is 35.5 Å². The molecule has 0 saturated carbocycles. The van der Waals surface area contributed by atoms with Crippen LogP contribution in [-0.4, -0.2) is 48.3 Å². The molecule has 0 rings (SSSR count). The molecule has 3 heteroatoms. The van der Waals surface area contributed by atoms with Crippen LogP contribution in [-0.2, 0) is 0 Å². The summed E-state index contributed by atoms with van der Waals surface area (Å²) in [6.07, 6.45) is 2.35. The highest BCUT2D eigenvalue weighted by Gasteiger charge is 2.29. The summed E-state index contributed by atoms with van der Waals surface area (Å²) in [4.78, 5) is 2.36. The minimum Gasteiger partial charge on any atom is -0.395 e. The molecule has 3 nitrogen and oxygen atoms in total. The van der Waals surface area contributed by atoms with E-state index in [9.17, 15) is 0 Å². The molecule has 0 aromatic carbocycles. The molecule has 0 heterocycles. The Hall–Kier alpha value is -0.120. The van der Waals surface area contributed by atoms with E-state index in [0.717, 1.165) is 26.2 Å². The van der Waals surface area contributed by atoms with Crippen molar-refractivity contribution in [1.82, 2.24) is 10.2 Å². The van der Waals surface area contributed by atoms with Crippen LogP contribution in [0.25, 0.3) is 0 Å². The van der Waals surface area contributed by atoms with Crippen LogP contribution in [0.15, 0.2) is 0 Å². The molecule has 0 saturated heterocycles. The van der Waals surface area contributed by atoms with Crippen LogP contribution < -0.4 is 5.32 Å². The highest BCUT2D eigenvalue weighted by Crippen LogP contribution is 2.27. The minimum atomic E-state index is 0.170. The van der Waals surface area contributed by atoms with Gasteiger partial charge >= 0.3 is 0 Å². The molecule has 0 aliphatic rings. The Balaban J connectivity index is 4.58. The van der Waals surface area contributed by atoms with Gasteiger partial charge in [0.05, 0.1) is 6.61 Å². The van der Waals surface area contributed by atoms with E-state index in [1.807, 2.05) is 0 Å². The van der Waals surface area contributed by atoms with Gasteiger partial charge in [0.25, 0.3) is 0 Å². The van der Waals surface area contributed by atoms with Crippen molar-refractivity contribution in [2.45, 2.75) is 59.9 Å². The minimum absolute atomic E-state index is 0.170. The summed E-state index contributed by atoms with van der Waals surface area (Å²) in [6.45, 7) is 17.5. The van der Waals surface area contributed by atoms with Crippen molar-refractivity contribution in [3.05, 3.63) is 0 Å². The molecule has 18 heavy (non-hydrogen) atoms. The zero-order valence-electron chi connectivity index (χ0n) is 13.3. The molecular weight excluding hydrogens is 224 g/mol. The molecule has 0 fully saturated rings. The van der Waals surface area contributed by atoms with Crippen LogP contribution in [0.4, 0.5) is 0 Å². The first-order chi connectivity index (χ1) is 8.32. The Morgan fingerprint density at radius 2 is 1.61 bits per heavy atom. The highest BCUT2D eigenvalue weighted by atomic mass is 16.3. The Kier molecular flexibility index (Phi) is 8.08. The lowest BCUT2D eigenvalue weighted by Crippen LogP contribution is -2.48. The van der Waals surface area contributed by atoms with Crippen LogP contribution in [0.1, 0.15) is 54.4 Å². The fraction of sp³-hybridized carbons (Fsp3) is 1.00. The Labute approximate surface area is 114 Å². The second-order valence-corrected chi connectivity index (χ2v) is 6.40. The third-order valence-corrected chi connectivity index (χ3v) is 3.92. The van der Waals surface area contributed by atoms with Gasteiger partial charge in [-0.25, -0.2) is 0 Å². The Morgan fingerprint density at radius 3 is 1.94 bits per heavy atom. The molecule has 0 atom stereocenters. The number of aliphatic hydroxyl groups excluding tert-OH is 1. The summed E-state index contributed by atoms with van der Waals surface area (Å²) in [5, 5.41) is 12.8. The molecule has 0 radical (unpaired) electrons. The number of likely N-dealkylation sites (N-methyl/N-ethyl adjacent to an activating group) is 1. The smallest absolute Gasteiger partial charge is 0.0558 e. The fourth-order valence-electron chi connectivity index (χ4n) is 2.20. The van der Waals surface area contributed by atoms with E-state index in [2.05, 4.69) is 51.8 Å². The molecule has 0 aliphatic heterocycles. The van der Waals surface area contributed by atoms with E-state index < -0.39 is 0 Å². The second-order valence-electron chi connectivity index (χ2n) is 6.40. The van der Waals surface area contributed by atoms with E-state index in [-0.39, 0.29) is 12.1 Å². The molecule has 0 amide bonds. The van der Waals surface area contributed by atoms with Crippen LogP contribution in [0.3, 0.4) is 0 Å². The first-order valence-corrected chi connectivity index (χ1v) is 7.40. The number of nitrogens with zero attached hydrogens (tertiary/aromatic N) is 1. The van der Waals surface area contributed by atoms with Crippen LogP contribution in [0.2, 0.25) is 0 Å². The van der Waals surface area contributed by atoms with E-state index in [1.165, 1.54) is 12.8 Å². The molecule has 2 N–H and O–H groups in total. The van der Waals surface area contributed by atoms with Gasteiger partial charge in [-0.2, -0.15) is 0 Å². The van der Waals surface area contributed by atoms with Crippen LogP contribution in [0.5, 0.6) is 0 Å². The normalized spacial score (nSPS) is 13.3. The van der Waals surface area contributed by atoms with Gasteiger partial charge in [0.1, 0.15) is 0 Å². The maximum Gasteiger partial charge on any atom is 0.0558 e. The summed E-state index contributed by atoms with van der Waals surface area (Å²) in [5.74, 6) is 0. The summed E-state index contributed by atoms with van der Waals surface area (Å²) in [7, 11) is 0. The lowest BCUT2D eigenvalue weighted by Gasteiger charge is -2.39. The van der Waals surface area contributed by atoms with Gasteiger partial charge in [-0.3, -0.25) is 0 Å². The monoisotopic (exact) mass is 258 g/mol. The molecular formula is C15H34N2O. The summed E-state index contributed by atoms with van der Waals surface area (Å²) >= 11 is 0. The van der Waals surface area contributed by atoms with Crippen LogP contribution >= 0.6 is 0 Å². The third-order valence-electron chi connectivity index (χ3n) is 3.92. The standard InChI is InChI=1S/C15H34N2O/c1-7-15(8-2,12-16-14(4,5)6)13-17(9-3)10-11-18/h16,18H,7-13H2,1-6H3. The second kappa shape index (κ2) is 8.13. The van der Waals surface area contributed by atoms with Crippen molar-refractivity contribution in [1.29, 1.82) is 0 Å². The molecule has 0 unspecified atom stereocenters. The van der Waals surface area contributed by atoms with Gasteiger partial charge in [0.15, 0.2) is 0 Å². The lowest BCUT2D eigenvalue weighted by molar-refractivity contribution is 0.112. The maximum absolute atomic E-state index is 9.11. The molecule has 0 aromatic heterocycles. The Bertz CT molecular complexity index is 207. The van der Waals surface area contributed by atoms with E-state index in [1.54, 1.807) is 0 Å². The van der Waals surface area contributed by atoms with Crippen molar-refractivity contribution in [2.75, 3.05) is 32.8 Å². The van der Waals surface area contributed by atoms with Gasteiger partial charge in [0, 0.05) is 25.2 Å². The number of hydrogen-bond donors (Lipinski definition) is 2. The Morgan fingerprint density at radius 1 is 1.06 bits per heavy atom. The SMILES string of the molecule is CCN(CCO)CC(CC)(CC)CNC(C)(C)C. The average molecular weight is 258 g/mol. The summed E-state index contributed by atoms with van der Waals surface area (Å²) in [6, 6.07) is 0. The number of rotatable bonds is 9. The molecule has 110 valence electrons.